The molecule has 1 aliphatic heterocycles. The van der Waals surface area contributed by atoms with E-state index in [0.717, 1.165) is 27.2 Å². The number of likely N-dealkylation sites (N-methyl/N-ethyl adjacent to an activating group) is 1. The molecule has 6 heteroatoms. The highest BCUT2D eigenvalue weighted by Gasteiger charge is 2.19. The smallest absolute Gasteiger partial charge is 0.241 e. The van der Waals surface area contributed by atoms with Gasteiger partial charge in [-0.2, -0.15) is 0 Å². The maximum absolute atomic E-state index is 12.5. The molecule has 0 radical (unpaired) electrons. The van der Waals surface area contributed by atoms with Crippen molar-refractivity contribution in [3.05, 3.63) is 52.5 Å². The Hall–Kier alpha value is -2.05. The average Bonchev–Trinajstić information content (AvgIpc) is 2.61. The first-order chi connectivity index (χ1) is 12.0. The van der Waals surface area contributed by atoms with Gasteiger partial charge in [-0.3, -0.25) is 9.69 Å². The molecule has 0 aliphatic carbocycles. The normalized spacial score (nSPS) is 14.2. The zero-order valence-corrected chi connectivity index (χ0v) is 15.9. The number of nitrogens with zero attached hydrogens (tertiary/aromatic N) is 1. The predicted molar refractivity (Wildman–Crippen MR) is 101 cm³/mol. The first-order valence-electron chi connectivity index (χ1n) is 8.18. The molecule has 2 aromatic rings. The van der Waals surface area contributed by atoms with Gasteiger partial charge in [-0.05, 0) is 49.9 Å². The van der Waals surface area contributed by atoms with E-state index in [0.29, 0.717) is 19.8 Å². The van der Waals surface area contributed by atoms with Crippen LogP contribution in [0.1, 0.15) is 12.5 Å². The molecular weight excluding hydrogens is 384 g/mol. The lowest BCUT2D eigenvalue weighted by atomic mass is 10.1. The van der Waals surface area contributed by atoms with Crippen molar-refractivity contribution in [1.29, 1.82) is 0 Å². The van der Waals surface area contributed by atoms with Gasteiger partial charge in [0.2, 0.25) is 5.91 Å². The number of benzene rings is 2. The molecular formula is C19H21BrN2O3. The number of halogens is 1. The molecule has 0 saturated carbocycles. The van der Waals surface area contributed by atoms with Gasteiger partial charge in [-0.25, -0.2) is 0 Å². The van der Waals surface area contributed by atoms with Gasteiger partial charge in [0.15, 0.2) is 11.5 Å². The molecule has 0 aromatic heterocycles. The molecule has 25 heavy (non-hydrogen) atoms. The molecule has 0 saturated heterocycles. The minimum Gasteiger partial charge on any atom is -0.486 e. The number of nitrogens with one attached hydrogen (secondary N) is 1. The van der Waals surface area contributed by atoms with Gasteiger partial charge in [0.1, 0.15) is 13.2 Å². The van der Waals surface area contributed by atoms with E-state index in [1.165, 1.54) is 0 Å². The Morgan fingerprint density at radius 3 is 2.72 bits per heavy atom. The summed E-state index contributed by atoms with van der Waals surface area (Å²) in [6, 6.07) is 13.2. The summed E-state index contributed by atoms with van der Waals surface area (Å²) >= 11 is 3.41. The summed E-state index contributed by atoms with van der Waals surface area (Å²) in [5, 5.41) is 2.94. The number of carbonyl (C=O) groups excluding carboxylic acids is 1. The fourth-order valence-corrected chi connectivity index (χ4v) is 3.02. The standard InChI is InChI=1S/C19H21BrN2O3/c1-13(19(23)21-16-5-3-4-15(20)11-16)22(2)12-14-6-7-17-18(10-14)25-9-8-24-17/h3-7,10-11,13H,8-9,12H2,1-2H3,(H,21,23)/t13-/m1/s1. The fourth-order valence-electron chi connectivity index (χ4n) is 2.62. The van der Waals surface area contributed by atoms with Crippen molar-refractivity contribution >= 4 is 27.5 Å². The highest BCUT2D eigenvalue weighted by molar-refractivity contribution is 9.10. The molecule has 5 nitrogen and oxygen atoms in total. The van der Waals surface area contributed by atoms with Crippen molar-refractivity contribution in [3.63, 3.8) is 0 Å². The molecule has 1 aliphatic rings. The van der Waals surface area contributed by atoms with E-state index in [2.05, 4.69) is 21.2 Å². The molecule has 1 atom stereocenters. The third-order valence-corrected chi connectivity index (χ3v) is 4.66. The maximum atomic E-state index is 12.5. The Bertz CT molecular complexity index is 766. The van der Waals surface area contributed by atoms with Gasteiger partial charge in [-0.15, -0.1) is 0 Å². The number of ether oxygens (including phenoxy) is 2. The van der Waals surface area contributed by atoms with Crippen LogP contribution in [0.25, 0.3) is 0 Å². The average molecular weight is 405 g/mol. The maximum Gasteiger partial charge on any atom is 0.241 e. The number of rotatable bonds is 5. The number of anilines is 1. The van der Waals surface area contributed by atoms with Crippen LogP contribution in [-0.4, -0.2) is 37.1 Å². The van der Waals surface area contributed by atoms with Crippen LogP contribution in [0.3, 0.4) is 0 Å². The number of hydrogen-bond acceptors (Lipinski definition) is 4. The second-order valence-electron chi connectivity index (χ2n) is 6.07. The van der Waals surface area contributed by atoms with E-state index in [1.807, 2.05) is 61.3 Å². The minimum absolute atomic E-state index is 0.0434. The molecule has 132 valence electrons. The van der Waals surface area contributed by atoms with E-state index < -0.39 is 0 Å². The minimum atomic E-state index is -0.271. The van der Waals surface area contributed by atoms with Crippen LogP contribution in [0.2, 0.25) is 0 Å². The van der Waals surface area contributed by atoms with Crippen LogP contribution >= 0.6 is 15.9 Å². The molecule has 0 unspecified atom stereocenters. The molecule has 3 rings (SSSR count). The van der Waals surface area contributed by atoms with Gasteiger partial charge in [0.25, 0.3) is 0 Å². The second-order valence-corrected chi connectivity index (χ2v) is 6.98. The van der Waals surface area contributed by atoms with Crippen molar-refractivity contribution in [2.24, 2.45) is 0 Å². The Balaban J connectivity index is 1.62. The summed E-state index contributed by atoms with van der Waals surface area (Å²) in [5.41, 5.74) is 1.85. The van der Waals surface area contributed by atoms with Gasteiger partial charge in [-0.1, -0.05) is 28.1 Å². The van der Waals surface area contributed by atoms with E-state index >= 15 is 0 Å². The third-order valence-electron chi connectivity index (χ3n) is 4.17. The molecule has 0 fully saturated rings. The lowest BCUT2D eigenvalue weighted by molar-refractivity contribution is -0.120. The van der Waals surface area contributed by atoms with E-state index in [4.69, 9.17) is 9.47 Å². The van der Waals surface area contributed by atoms with Gasteiger partial charge in [0, 0.05) is 16.7 Å². The van der Waals surface area contributed by atoms with Gasteiger partial charge < -0.3 is 14.8 Å². The molecule has 1 amide bonds. The van der Waals surface area contributed by atoms with E-state index in [-0.39, 0.29) is 11.9 Å². The van der Waals surface area contributed by atoms with Crippen LogP contribution in [0.15, 0.2) is 46.9 Å². The number of carbonyl (C=O) groups is 1. The molecule has 1 heterocycles. The van der Waals surface area contributed by atoms with E-state index in [9.17, 15) is 4.79 Å². The Labute approximate surface area is 156 Å². The SMILES string of the molecule is C[C@H](C(=O)Nc1cccc(Br)c1)N(C)Cc1ccc2c(c1)OCCO2. The van der Waals surface area contributed by atoms with Crippen LogP contribution in [0.4, 0.5) is 5.69 Å². The highest BCUT2D eigenvalue weighted by Crippen LogP contribution is 2.31. The largest absolute Gasteiger partial charge is 0.486 e. The monoisotopic (exact) mass is 404 g/mol. The Kier molecular flexibility index (Phi) is 5.60. The van der Waals surface area contributed by atoms with Crippen molar-refractivity contribution < 1.29 is 14.3 Å². The van der Waals surface area contributed by atoms with Crippen molar-refractivity contribution in [3.8, 4) is 11.5 Å². The zero-order valence-electron chi connectivity index (χ0n) is 14.3. The lowest BCUT2D eigenvalue weighted by Crippen LogP contribution is -2.39. The highest BCUT2D eigenvalue weighted by atomic mass is 79.9. The first-order valence-corrected chi connectivity index (χ1v) is 8.97. The molecule has 0 spiro atoms. The predicted octanol–water partition coefficient (Wildman–Crippen LogP) is 3.68. The van der Waals surface area contributed by atoms with Crippen LogP contribution in [0.5, 0.6) is 11.5 Å². The molecule has 1 N–H and O–H groups in total. The van der Waals surface area contributed by atoms with Crippen LogP contribution in [-0.2, 0) is 11.3 Å². The molecule has 0 bridgehead atoms. The summed E-state index contributed by atoms with van der Waals surface area (Å²) in [6.45, 7) is 3.69. The van der Waals surface area contributed by atoms with E-state index in [1.54, 1.807) is 0 Å². The quantitative estimate of drug-likeness (QED) is 0.825. The van der Waals surface area contributed by atoms with Gasteiger partial charge >= 0.3 is 0 Å². The van der Waals surface area contributed by atoms with Crippen LogP contribution in [0, 0.1) is 0 Å². The fraction of sp³-hybridized carbons (Fsp3) is 0.316. The summed E-state index contributed by atoms with van der Waals surface area (Å²) < 4.78 is 12.1. The summed E-state index contributed by atoms with van der Waals surface area (Å²) in [5.74, 6) is 1.50. The number of fused-ring (bicyclic) bond motifs is 1. The second kappa shape index (κ2) is 7.89. The third kappa shape index (κ3) is 4.52. The van der Waals surface area contributed by atoms with Crippen LogP contribution < -0.4 is 14.8 Å². The zero-order chi connectivity index (χ0) is 17.8. The number of hydrogen-bond donors (Lipinski definition) is 1. The van der Waals surface area contributed by atoms with Crippen molar-refractivity contribution in [2.75, 3.05) is 25.6 Å². The Morgan fingerprint density at radius 2 is 1.96 bits per heavy atom. The van der Waals surface area contributed by atoms with Gasteiger partial charge in [0.05, 0.1) is 6.04 Å². The topological polar surface area (TPSA) is 50.8 Å². The first kappa shape index (κ1) is 17.8. The summed E-state index contributed by atoms with van der Waals surface area (Å²) in [7, 11) is 1.93. The van der Waals surface area contributed by atoms with Crippen molar-refractivity contribution in [2.45, 2.75) is 19.5 Å². The van der Waals surface area contributed by atoms with Crippen molar-refractivity contribution in [1.82, 2.24) is 4.90 Å². The summed E-state index contributed by atoms with van der Waals surface area (Å²) in [6.07, 6.45) is 0. The summed E-state index contributed by atoms with van der Waals surface area (Å²) in [4.78, 5) is 14.5. The number of amides is 1. The Morgan fingerprint density at radius 1 is 1.20 bits per heavy atom. The molecule has 2 aromatic carbocycles. The lowest BCUT2D eigenvalue weighted by Gasteiger charge is -2.25.